The number of hydrogen-bond donors (Lipinski definition) is 8. The van der Waals surface area contributed by atoms with Crippen molar-refractivity contribution in [2.45, 2.75) is 58.3 Å². The van der Waals surface area contributed by atoms with Crippen molar-refractivity contribution in [2.75, 3.05) is 98.2 Å². The molecule has 8 heteroatoms. The average molecular weight is 459 g/mol. The third-order valence-corrected chi connectivity index (χ3v) is 5.40. The van der Waals surface area contributed by atoms with Crippen LogP contribution in [0.4, 0.5) is 0 Å². The van der Waals surface area contributed by atoms with Crippen molar-refractivity contribution in [1.29, 1.82) is 0 Å². The minimum Gasteiger partial charge on any atom is -0.329 e. The number of hydrogen-bond acceptors (Lipinski definition) is 8. The van der Waals surface area contributed by atoms with Crippen LogP contribution in [-0.4, -0.2) is 98.2 Å². The second kappa shape index (κ2) is 30.7. The molecule has 0 aliphatic carbocycles. The highest BCUT2D eigenvalue weighted by Gasteiger charge is 1.93. The molecule has 0 unspecified atom stereocenters. The van der Waals surface area contributed by atoms with Crippen LogP contribution in [0.15, 0.2) is 0 Å². The van der Waals surface area contributed by atoms with Crippen molar-refractivity contribution >= 4 is 0 Å². The lowest BCUT2D eigenvalue weighted by Crippen LogP contribution is -2.38. The third kappa shape index (κ3) is 29.7. The molecule has 0 amide bonds. The van der Waals surface area contributed by atoms with Crippen molar-refractivity contribution in [1.82, 2.24) is 37.2 Å². The highest BCUT2D eigenvalue weighted by Crippen LogP contribution is 2.07. The van der Waals surface area contributed by atoms with Crippen LogP contribution in [0.2, 0.25) is 0 Å². The first kappa shape index (κ1) is 31.7. The van der Waals surface area contributed by atoms with E-state index in [0.717, 1.165) is 85.1 Å². The third-order valence-electron chi connectivity index (χ3n) is 5.40. The lowest BCUT2D eigenvalue weighted by atomic mass is 10.1. The maximum absolute atomic E-state index is 5.43. The van der Waals surface area contributed by atoms with Crippen molar-refractivity contribution in [2.24, 2.45) is 5.73 Å². The molecule has 0 atom stereocenters. The van der Waals surface area contributed by atoms with Gasteiger partial charge in [0.2, 0.25) is 0 Å². The van der Waals surface area contributed by atoms with Crippen LogP contribution in [0.3, 0.4) is 0 Å². The Morgan fingerprint density at radius 3 is 0.969 bits per heavy atom. The zero-order valence-corrected chi connectivity index (χ0v) is 21.3. The number of nitrogens with two attached hydrogens (primary N) is 1. The summed E-state index contributed by atoms with van der Waals surface area (Å²) in [6.07, 6.45) is 11.1. The molecular weight excluding hydrogens is 400 g/mol. The van der Waals surface area contributed by atoms with Crippen LogP contribution in [-0.2, 0) is 0 Å². The average Bonchev–Trinajstić information content (AvgIpc) is 2.81. The second-order valence-corrected chi connectivity index (χ2v) is 8.51. The summed E-state index contributed by atoms with van der Waals surface area (Å²) >= 11 is 0. The van der Waals surface area contributed by atoms with Gasteiger partial charge in [0.15, 0.2) is 0 Å². The Hall–Kier alpha value is -0.320. The minimum absolute atomic E-state index is 0.707. The fourth-order valence-electron chi connectivity index (χ4n) is 3.42. The van der Waals surface area contributed by atoms with Crippen molar-refractivity contribution < 1.29 is 0 Å². The lowest BCUT2D eigenvalue weighted by Gasteiger charge is -2.09. The molecule has 0 saturated heterocycles. The Morgan fingerprint density at radius 1 is 0.344 bits per heavy atom. The summed E-state index contributed by atoms with van der Waals surface area (Å²) in [4.78, 5) is 0. The maximum Gasteiger partial charge on any atom is 0.00772 e. The van der Waals surface area contributed by atoms with E-state index in [1.54, 1.807) is 0 Å². The zero-order valence-electron chi connectivity index (χ0n) is 21.3. The molecule has 194 valence electrons. The summed E-state index contributed by atoms with van der Waals surface area (Å²) in [5.74, 6) is 0. The van der Waals surface area contributed by atoms with Crippen LogP contribution >= 0.6 is 0 Å². The molecule has 8 nitrogen and oxygen atoms in total. The fraction of sp³-hybridized carbons (Fsp3) is 1.00. The standard InChI is InChI=1S/C24H58N8/c1-2-3-4-5-6-7-8-9-11-26-13-15-28-17-19-30-21-23-32-24-22-31-20-18-29-16-14-27-12-10-25/h26-32H,2-25H2,1H3. The molecule has 0 heterocycles. The van der Waals surface area contributed by atoms with Crippen LogP contribution in [0, 0.1) is 0 Å². The molecular formula is C24H58N8. The van der Waals surface area contributed by atoms with Gasteiger partial charge < -0.3 is 43.0 Å². The molecule has 0 aromatic rings. The first-order valence-corrected chi connectivity index (χ1v) is 13.6. The van der Waals surface area contributed by atoms with Gasteiger partial charge in [0, 0.05) is 91.6 Å². The van der Waals surface area contributed by atoms with E-state index in [0.29, 0.717) is 6.54 Å². The van der Waals surface area contributed by atoms with Crippen molar-refractivity contribution in [3.8, 4) is 0 Å². The van der Waals surface area contributed by atoms with Gasteiger partial charge in [-0.1, -0.05) is 51.9 Å². The van der Waals surface area contributed by atoms with Gasteiger partial charge in [0.1, 0.15) is 0 Å². The number of unbranched alkanes of at least 4 members (excludes halogenated alkanes) is 7. The fourth-order valence-corrected chi connectivity index (χ4v) is 3.42. The highest BCUT2D eigenvalue weighted by molar-refractivity contribution is 4.59. The Kier molecular flexibility index (Phi) is 30.4. The van der Waals surface area contributed by atoms with Gasteiger partial charge in [-0.3, -0.25) is 0 Å². The molecule has 0 fully saturated rings. The Morgan fingerprint density at radius 2 is 0.625 bits per heavy atom. The summed E-state index contributed by atoms with van der Waals surface area (Å²) in [7, 11) is 0. The normalized spacial score (nSPS) is 11.4. The molecule has 0 bridgehead atoms. The zero-order chi connectivity index (χ0) is 23.2. The smallest absolute Gasteiger partial charge is 0.00772 e. The molecule has 9 N–H and O–H groups in total. The summed E-state index contributed by atoms with van der Waals surface area (Å²) in [5.41, 5.74) is 5.43. The molecule has 32 heavy (non-hydrogen) atoms. The first-order chi connectivity index (χ1) is 15.9. The van der Waals surface area contributed by atoms with Gasteiger partial charge >= 0.3 is 0 Å². The molecule has 0 rings (SSSR count). The van der Waals surface area contributed by atoms with Gasteiger partial charge in [0.25, 0.3) is 0 Å². The highest BCUT2D eigenvalue weighted by atomic mass is 15.0. The Balaban J connectivity index is 2.98. The molecule has 0 aromatic carbocycles. The predicted molar refractivity (Wildman–Crippen MR) is 142 cm³/mol. The monoisotopic (exact) mass is 458 g/mol. The van der Waals surface area contributed by atoms with E-state index >= 15 is 0 Å². The van der Waals surface area contributed by atoms with E-state index < -0.39 is 0 Å². The molecule has 0 saturated carbocycles. The van der Waals surface area contributed by atoms with Crippen molar-refractivity contribution in [3.05, 3.63) is 0 Å². The van der Waals surface area contributed by atoms with Crippen LogP contribution in [0.5, 0.6) is 0 Å². The summed E-state index contributed by atoms with van der Waals surface area (Å²) in [6, 6.07) is 0. The van der Waals surface area contributed by atoms with Gasteiger partial charge in [-0.05, 0) is 13.0 Å². The van der Waals surface area contributed by atoms with E-state index in [1.165, 1.54) is 57.9 Å². The molecule has 0 radical (unpaired) electrons. The molecule has 0 spiro atoms. The van der Waals surface area contributed by atoms with Crippen LogP contribution in [0.1, 0.15) is 58.3 Å². The van der Waals surface area contributed by atoms with Crippen LogP contribution in [0.25, 0.3) is 0 Å². The first-order valence-electron chi connectivity index (χ1n) is 13.6. The SMILES string of the molecule is CCCCCCCCCCNCCNCCNCCNCCNCCNCCNCCN. The topological polar surface area (TPSA) is 110 Å². The molecule has 0 aliphatic heterocycles. The van der Waals surface area contributed by atoms with Crippen LogP contribution < -0.4 is 43.0 Å². The van der Waals surface area contributed by atoms with E-state index in [1.807, 2.05) is 0 Å². The number of nitrogens with one attached hydrogen (secondary N) is 7. The summed E-state index contributed by atoms with van der Waals surface area (Å²) in [6.45, 7) is 17.3. The minimum atomic E-state index is 0.707. The van der Waals surface area contributed by atoms with E-state index in [9.17, 15) is 0 Å². The van der Waals surface area contributed by atoms with Gasteiger partial charge in [-0.25, -0.2) is 0 Å². The largest absolute Gasteiger partial charge is 0.329 e. The van der Waals surface area contributed by atoms with E-state index in [4.69, 9.17) is 5.73 Å². The lowest BCUT2D eigenvalue weighted by molar-refractivity contribution is 0.536. The summed E-state index contributed by atoms with van der Waals surface area (Å²) in [5, 5.41) is 24.1. The predicted octanol–water partition coefficient (Wildman–Crippen LogP) is 0.213. The summed E-state index contributed by atoms with van der Waals surface area (Å²) < 4.78 is 0. The van der Waals surface area contributed by atoms with E-state index in [-0.39, 0.29) is 0 Å². The van der Waals surface area contributed by atoms with Crippen molar-refractivity contribution in [3.63, 3.8) is 0 Å². The number of rotatable bonds is 29. The van der Waals surface area contributed by atoms with Gasteiger partial charge in [-0.2, -0.15) is 0 Å². The van der Waals surface area contributed by atoms with Gasteiger partial charge in [-0.15, -0.1) is 0 Å². The molecule has 0 aromatic heterocycles. The quantitative estimate of drug-likeness (QED) is 0.0752. The Bertz CT molecular complexity index is 290. The maximum atomic E-state index is 5.43. The Labute approximate surface area is 199 Å². The van der Waals surface area contributed by atoms with E-state index in [2.05, 4.69) is 44.1 Å². The molecule has 0 aliphatic rings. The van der Waals surface area contributed by atoms with Gasteiger partial charge in [0.05, 0.1) is 0 Å². The second-order valence-electron chi connectivity index (χ2n) is 8.51.